The standard InChI is InChI=1S/C21H31NO5/c1-16(15-26-19(23)17-8-6-5-7-9-17)14-25-18-10-12-22(13-11-18)20(24)27-21(2,3)4/h5-9,16,18H,10-15H2,1-4H3. The molecule has 1 saturated heterocycles. The van der Waals surface area contributed by atoms with Gasteiger partial charge >= 0.3 is 12.1 Å². The Labute approximate surface area is 161 Å². The van der Waals surface area contributed by atoms with Gasteiger partial charge in [-0.1, -0.05) is 25.1 Å². The summed E-state index contributed by atoms with van der Waals surface area (Å²) in [4.78, 5) is 25.7. The number of rotatable bonds is 6. The van der Waals surface area contributed by atoms with E-state index in [1.165, 1.54) is 0 Å². The molecule has 150 valence electrons. The molecule has 27 heavy (non-hydrogen) atoms. The Bertz CT molecular complexity index is 603. The summed E-state index contributed by atoms with van der Waals surface area (Å²) in [7, 11) is 0. The van der Waals surface area contributed by atoms with Crippen molar-refractivity contribution in [2.45, 2.75) is 52.2 Å². The van der Waals surface area contributed by atoms with E-state index in [4.69, 9.17) is 14.2 Å². The minimum atomic E-state index is -0.475. The van der Waals surface area contributed by atoms with Gasteiger partial charge in [0.25, 0.3) is 0 Å². The summed E-state index contributed by atoms with van der Waals surface area (Å²) in [5.41, 5.74) is 0.0805. The Balaban J connectivity index is 1.63. The molecule has 0 spiro atoms. The number of amides is 1. The molecule has 0 N–H and O–H groups in total. The second kappa shape index (κ2) is 9.74. The predicted octanol–water partition coefficient (Wildman–Crippen LogP) is 3.90. The smallest absolute Gasteiger partial charge is 0.410 e. The summed E-state index contributed by atoms with van der Waals surface area (Å²) < 4.78 is 16.7. The van der Waals surface area contributed by atoms with Gasteiger partial charge in [-0.05, 0) is 45.7 Å². The van der Waals surface area contributed by atoms with Gasteiger partial charge in [0.2, 0.25) is 0 Å². The lowest BCUT2D eigenvalue weighted by Crippen LogP contribution is -2.43. The van der Waals surface area contributed by atoms with Crippen LogP contribution in [-0.2, 0) is 14.2 Å². The predicted molar refractivity (Wildman–Crippen MR) is 103 cm³/mol. The molecule has 0 saturated carbocycles. The molecule has 1 aliphatic heterocycles. The fraction of sp³-hybridized carbons (Fsp3) is 0.619. The van der Waals surface area contributed by atoms with Gasteiger partial charge in [-0.15, -0.1) is 0 Å². The summed E-state index contributed by atoms with van der Waals surface area (Å²) in [6, 6.07) is 8.96. The van der Waals surface area contributed by atoms with Crippen LogP contribution in [0.4, 0.5) is 4.79 Å². The molecule has 1 aromatic carbocycles. The summed E-state index contributed by atoms with van der Waals surface area (Å²) in [5, 5.41) is 0. The number of ether oxygens (including phenoxy) is 3. The van der Waals surface area contributed by atoms with Crippen molar-refractivity contribution in [1.29, 1.82) is 0 Å². The highest BCUT2D eigenvalue weighted by Crippen LogP contribution is 2.18. The lowest BCUT2D eigenvalue weighted by molar-refractivity contribution is -0.0264. The molecule has 0 aromatic heterocycles. The average Bonchev–Trinajstić information content (AvgIpc) is 2.64. The van der Waals surface area contributed by atoms with Crippen LogP contribution in [0, 0.1) is 5.92 Å². The normalized spacial score (nSPS) is 16.7. The largest absolute Gasteiger partial charge is 0.462 e. The van der Waals surface area contributed by atoms with E-state index in [1.807, 2.05) is 45.9 Å². The first-order valence-corrected chi connectivity index (χ1v) is 9.56. The first-order valence-electron chi connectivity index (χ1n) is 9.56. The number of piperidine rings is 1. The van der Waals surface area contributed by atoms with Crippen LogP contribution in [0.25, 0.3) is 0 Å². The molecule has 1 aromatic rings. The Morgan fingerprint density at radius 1 is 1.11 bits per heavy atom. The maximum Gasteiger partial charge on any atom is 0.410 e. The Morgan fingerprint density at radius 3 is 2.33 bits per heavy atom. The van der Waals surface area contributed by atoms with Crippen molar-refractivity contribution in [3.63, 3.8) is 0 Å². The fourth-order valence-electron chi connectivity index (χ4n) is 2.76. The molecule has 0 bridgehead atoms. The van der Waals surface area contributed by atoms with Crippen LogP contribution in [0.5, 0.6) is 0 Å². The quantitative estimate of drug-likeness (QED) is 0.704. The molecule has 1 heterocycles. The number of nitrogens with zero attached hydrogens (tertiary/aromatic N) is 1. The van der Waals surface area contributed by atoms with E-state index in [1.54, 1.807) is 17.0 Å². The van der Waals surface area contributed by atoms with Gasteiger partial charge in [0.15, 0.2) is 0 Å². The van der Waals surface area contributed by atoms with E-state index in [9.17, 15) is 9.59 Å². The third-order valence-corrected chi connectivity index (χ3v) is 4.22. The number of carbonyl (C=O) groups excluding carboxylic acids is 2. The number of likely N-dealkylation sites (tertiary alicyclic amines) is 1. The van der Waals surface area contributed by atoms with E-state index >= 15 is 0 Å². The van der Waals surface area contributed by atoms with Crippen LogP contribution in [0.15, 0.2) is 30.3 Å². The van der Waals surface area contributed by atoms with Crippen molar-refractivity contribution < 1.29 is 23.8 Å². The highest BCUT2D eigenvalue weighted by molar-refractivity contribution is 5.89. The Morgan fingerprint density at radius 2 is 1.74 bits per heavy atom. The van der Waals surface area contributed by atoms with Crippen molar-refractivity contribution in [1.82, 2.24) is 4.90 Å². The molecule has 2 rings (SSSR count). The molecule has 1 unspecified atom stereocenters. The number of esters is 1. The fourth-order valence-corrected chi connectivity index (χ4v) is 2.76. The maximum absolute atomic E-state index is 12.1. The van der Waals surface area contributed by atoms with Gasteiger partial charge in [-0.3, -0.25) is 0 Å². The first-order chi connectivity index (χ1) is 12.7. The number of carbonyl (C=O) groups is 2. The molecule has 6 heteroatoms. The topological polar surface area (TPSA) is 65.1 Å². The van der Waals surface area contributed by atoms with E-state index in [2.05, 4.69) is 0 Å². The van der Waals surface area contributed by atoms with Crippen LogP contribution >= 0.6 is 0 Å². The molecule has 0 aliphatic carbocycles. The zero-order valence-corrected chi connectivity index (χ0v) is 16.8. The van der Waals surface area contributed by atoms with Crippen molar-refractivity contribution >= 4 is 12.1 Å². The first kappa shape index (κ1) is 21.2. The van der Waals surface area contributed by atoms with Gasteiger partial charge in [0, 0.05) is 19.0 Å². The SMILES string of the molecule is CC(COC(=O)c1ccccc1)COC1CCN(C(=O)OC(C)(C)C)CC1. The monoisotopic (exact) mass is 377 g/mol. The molecule has 1 aliphatic rings. The second-order valence-corrected chi connectivity index (χ2v) is 8.07. The maximum atomic E-state index is 12.1. The van der Waals surface area contributed by atoms with Crippen LogP contribution in [0.2, 0.25) is 0 Å². The minimum absolute atomic E-state index is 0.113. The Kier molecular flexibility index (Phi) is 7.66. The van der Waals surface area contributed by atoms with Gasteiger partial charge < -0.3 is 19.1 Å². The van der Waals surface area contributed by atoms with Crippen LogP contribution in [-0.4, -0.2) is 55.0 Å². The van der Waals surface area contributed by atoms with Crippen molar-refractivity contribution in [2.75, 3.05) is 26.3 Å². The van der Waals surface area contributed by atoms with Crippen molar-refractivity contribution in [2.24, 2.45) is 5.92 Å². The highest BCUT2D eigenvalue weighted by atomic mass is 16.6. The number of hydrogen-bond donors (Lipinski definition) is 0. The Hall–Kier alpha value is -2.08. The average molecular weight is 377 g/mol. The van der Waals surface area contributed by atoms with E-state index in [0.29, 0.717) is 31.9 Å². The van der Waals surface area contributed by atoms with Gasteiger partial charge in [-0.25, -0.2) is 9.59 Å². The number of benzene rings is 1. The second-order valence-electron chi connectivity index (χ2n) is 8.07. The molecule has 6 nitrogen and oxygen atoms in total. The third kappa shape index (κ3) is 7.59. The lowest BCUT2D eigenvalue weighted by atomic mass is 10.1. The summed E-state index contributed by atoms with van der Waals surface area (Å²) in [5.74, 6) is -0.199. The molecule has 1 atom stereocenters. The van der Waals surface area contributed by atoms with Gasteiger partial charge in [-0.2, -0.15) is 0 Å². The van der Waals surface area contributed by atoms with Gasteiger partial charge in [0.1, 0.15) is 5.60 Å². The third-order valence-electron chi connectivity index (χ3n) is 4.22. The minimum Gasteiger partial charge on any atom is -0.462 e. The van der Waals surface area contributed by atoms with Crippen LogP contribution in [0.1, 0.15) is 50.9 Å². The zero-order chi connectivity index (χ0) is 19.9. The highest BCUT2D eigenvalue weighted by Gasteiger charge is 2.27. The molecular formula is C21H31NO5. The summed E-state index contributed by atoms with van der Waals surface area (Å²) in [6.07, 6.45) is 1.43. The van der Waals surface area contributed by atoms with Crippen LogP contribution < -0.4 is 0 Å². The van der Waals surface area contributed by atoms with Crippen molar-refractivity contribution in [3.8, 4) is 0 Å². The van der Waals surface area contributed by atoms with Crippen molar-refractivity contribution in [3.05, 3.63) is 35.9 Å². The lowest BCUT2D eigenvalue weighted by Gasteiger charge is -2.33. The van der Waals surface area contributed by atoms with Gasteiger partial charge in [0.05, 0.1) is 24.9 Å². The molecule has 1 fully saturated rings. The summed E-state index contributed by atoms with van der Waals surface area (Å²) in [6.45, 7) is 9.72. The molecule has 0 radical (unpaired) electrons. The molecule has 1 amide bonds. The van der Waals surface area contributed by atoms with E-state index in [0.717, 1.165) is 12.8 Å². The van der Waals surface area contributed by atoms with Crippen LogP contribution in [0.3, 0.4) is 0 Å². The zero-order valence-electron chi connectivity index (χ0n) is 16.8. The summed E-state index contributed by atoms with van der Waals surface area (Å²) >= 11 is 0. The van der Waals surface area contributed by atoms with E-state index in [-0.39, 0.29) is 24.1 Å². The molecular weight excluding hydrogens is 346 g/mol. The number of hydrogen-bond acceptors (Lipinski definition) is 5. The van der Waals surface area contributed by atoms with E-state index < -0.39 is 5.60 Å².